The zero-order chi connectivity index (χ0) is 14.7. The van der Waals surface area contributed by atoms with Crippen molar-refractivity contribution in [2.24, 2.45) is 0 Å². The van der Waals surface area contributed by atoms with Crippen LogP contribution in [0.1, 0.15) is 23.5 Å². The lowest BCUT2D eigenvalue weighted by atomic mass is 10.1. The minimum Gasteiger partial charge on any atom is -0.480 e. The fourth-order valence-electron chi connectivity index (χ4n) is 2.16. The predicted molar refractivity (Wildman–Crippen MR) is 69.8 cm³/mol. The summed E-state index contributed by atoms with van der Waals surface area (Å²) in [5, 5.41) is 28.9. The van der Waals surface area contributed by atoms with Gasteiger partial charge in [0.1, 0.15) is 0 Å². The first kappa shape index (κ1) is 12.9. The summed E-state index contributed by atoms with van der Waals surface area (Å²) in [5.74, 6) is -2.24. The summed E-state index contributed by atoms with van der Waals surface area (Å²) in [6.07, 6.45) is -1.31. The van der Waals surface area contributed by atoms with E-state index in [0.29, 0.717) is 16.2 Å². The molecule has 7 nitrogen and oxygen atoms in total. The molecule has 3 rings (SSSR count). The lowest BCUT2D eigenvalue weighted by Crippen LogP contribution is -2.36. The van der Waals surface area contributed by atoms with E-state index in [4.69, 9.17) is 5.11 Å². The number of nitrogens with zero attached hydrogens (tertiary/aromatic N) is 2. The highest BCUT2D eigenvalue weighted by Crippen LogP contribution is 2.49. The molecule has 0 bridgehead atoms. The number of carboxylic acids is 2. The monoisotopic (exact) mass is 294 g/mol. The normalized spacial score (nSPS) is 24.8. The number of hydrogen-bond donors (Lipinski definition) is 3. The number of carboxylic acid groups (broad SMARTS) is 2. The number of aliphatic hydroxyl groups is 1. The quantitative estimate of drug-likeness (QED) is 0.762. The zero-order valence-corrected chi connectivity index (χ0v) is 11.1. The number of benzene rings is 1. The van der Waals surface area contributed by atoms with Gasteiger partial charge in [0.25, 0.3) is 0 Å². The number of aromatic carboxylic acids is 1. The van der Waals surface area contributed by atoms with Crippen LogP contribution in [0, 0.1) is 0 Å². The highest BCUT2D eigenvalue weighted by atomic mass is 32.2. The molecule has 0 fully saturated rings. The molecule has 1 aromatic heterocycles. The van der Waals surface area contributed by atoms with Crippen molar-refractivity contribution in [1.82, 2.24) is 9.55 Å². The molecule has 1 aliphatic heterocycles. The minimum atomic E-state index is -1.43. The second-order valence-electron chi connectivity index (χ2n) is 4.66. The Labute approximate surface area is 116 Å². The van der Waals surface area contributed by atoms with Crippen LogP contribution >= 0.6 is 11.8 Å². The van der Waals surface area contributed by atoms with Crippen molar-refractivity contribution < 1.29 is 24.9 Å². The third-order valence-electron chi connectivity index (χ3n) is 3.37. The number of imidazole rings is 1. The van der Waals surface area contributed by atoms with Crippen molar-refractivity contribution in [3.05, 3.63) is 23.8 Å². The highest BCUT2D eigenvalue weighted by Gasteiger charge is 2.50. The molecule has 0 saturated heterocycles. The average molecular weight is 294 g/mol. The lowest BCUT2D eigenvalue weighted by molar-refractivity contribution is -0.143. The van der Waals surface area contributed by atoms with Crippen LogP contribution in [-0.4, -0.2) is 41.6 Å². The Kier molecular flexibility index (Phi) is 2.57. The molecule has 0 aliphatic carbocycles. The van der Waals surface area contributed by atoms with E-state index in [9.17, 15) is 19.8 Å². The van der Waals surface area contributed by atoms with Crippen LogP contribution in [-0.2, 0) is 4.79 Å². The van der Waals surface area contributed by atoms with Gasteiger partial charge in [0.2, 0.25) is 0 Å². The number of thioether (sulfide) groups is 1. The molecule has 104 valence electrons. The van der Waals surface area contributed by atoms with E-state index in [0.717, 1.165) is 11.8 Å². The molecule has 1 aromatic carbocycles. The topological polar surface area (TPSA) is 113 Å². The van der Waals surface area contributed by atoms with Crippen LogP contribution < -0.4 is 0 Å². The Balaban J connectivity index is 2.22. The van der Waals surface area contributed by atoms with Crippen molar-refractivity contribution in [2.45, 2.75) is 23.1 Å². The van der Waals surface area contributed by atoms with Gasteiger partial charge < -0.3 is 15.3 Å². The summed E-state index contributed by atoms with van der Waals surface area (Å²) in [7, 11) is 0. The van der Waals surface area contributed by atoms with Crippen molar-refractivity contribution in [1.29, 1.82) is 0 Å². The molecular weight excluding hydrogens is 284 g/mol. The Morgan fingerprint density at radius 3 is 2.70 bits per heavy atom. The summed E-state index contributed by atoms with van der Waals surface area (Å²) < 4.78 is -0.0731. The molecule has 0 radical (unpaired) electrons. The fraction of sp³-hybridized carbons (Fsp3) is 0.250. The Morgan fingerprint density at radius 2 is 2.10 bits per heavy atom. The van der Waals surface area contributed by atoms with Crippen LogP contribution in [0.25, 0.3) is 11.0 Å². The van der Waals surface area contributed by atoms with Gasteiger partial charge in [-0.2, -0.15) is 0 Å². The van der Waals surface area contributed by atoms with Gasteiger partial charge in [-0.3, -0.25) is 9.36 Å². The van der Waals surface area contributed by atoms with Crippen LogP contribution in [0.5, 0.6) is 0 Å². The molecule has 8 heteroatoms. The van der Waals surface area contributed by atoms with Gasteiger partial charge in [0.15, 0.2) is 16.1 Å². The summed E-state index contributed by atoms with van der Waals surface area (Å²) >= 11 is 0.950. The highest BCUT2D eigenvalue weighted by molar-refractivity contribution is 8.01. The van der Waals surface area contributed by atoms with Crippen molar-refractivity contribution in [3.63, 3.8) is 0 Å². The molecule has 2 unspecified atom stereocenters. The first-order valence-electron chi connectivity index (χ1n) is 5.70. The largest absolute Gasteiger partial charge is 0.480 e. The smallest absolute Gasteiger partial charge is 0.335 e. The average Bonchev–Trinajstić information content (AvgIpc) is 2.84. The third kappa shape index (κ3) is 1.55. The van der Waals surface area contributed by atoms with E-state index in [1.165, 1.54) is 29.7 Å². The van der Waals surface area contributed by atoms with Gasteiger partial charge >= 0.3 is 11.9 Å². The van der Waals surface area contributed by atoms with E-state index in [-0.39, 0.29) is 5.56 Å². The van der Waals surface area contributed by atoms with Crippen molar-refractivity contribution >= 4 is 34.7 Å². The van der Waals surface area contributed by atoms with E-state index < -0.39 is 22.9 Å². The molecule has 0 spiro atoms. The lowest BCUT2D eigenvalue weighted by Gasteiger charge is -2.22. The molecule has 2 heterocycles. The second-order valence-corrected chi connectivity index (χ2v) is 6.08. The van der Waals surface area contributed by atoms with E-state index >= 15 is 0 Å². The van der Waals surface area contributed by atoms with Crippen LogP contribution in [0.3, 0.4) is 0 Å². The Bertz CT molecular complexity index is 756. The summed E-state index contributed by atoms with van der Waals surface area (Å²) in [5.41, 5.74) is 0.982. The van der Waals surface area contributed by atoms with Gasteiger partial charge in [0.05, 0.1) is 16.6 Å². The summed E-state index contributed by atoms with van der Waals surface area (Å²) in [6.45, 7) is 1.41. The first-order chi connectivity index (χ1) is 9.34. The summed E-state index contributed by atoms with van der Waals surface area (Å²) in [4.78, 5) is 26.5. The maximum atomic E-state index is 11.3. The Morgan fingerprint density at radius 1 is 1.40 bits per heavy atom. The van der Waals surface area contributed by atoms with Crippen LogP contribution in [0.2, 0.25) is 0 Å². The van der Waals surface area contributed by atoms with E-state index in [1.807, 2.05) is 0 Å². The van der Waals surface area contributed by atoms with Gasteiger partial charge in [-0.15, -0.1) is 0 Å². The molecule has 1 aliphatic rings. The number of carbonyl (C=O) groups is 2. The zero-order valence-electron chi connectivity index (χ0n) is 10.3. The SMILES string of the molecule is CC1(C(=O)O)Sc2nc3ccc(C(=O)O)cc3n2C1O. The number of fused-ring (bicyclic) bond motifs is 3. The van der Waals surface area contributed by atoms with Crippen molar-refractivity contribution in [2.75, 3.05) is 0 Å². The van der Waals surface area contributed by atoms with E-state index in [1.54, 1.807) is 0 Å². The standard InChI is InChI=1S/C12H10N2O5S/c1-12(10(18)19)9(17)14-7-4-5(8(15)16)2-3-6(7)13-11(14)20-12/h2-4,9,17H,1H3,(H,15,16)(H,18,19). The Hall–Kier alpha value is -2.06. The molecular formula is C12H10N2O5S. The second kappa shape index (κ2) is 3.97. The number of rotatable bonds is 2. The van der Waals surface area contributed by atoms with Crippen LogP contribution in [0.15, 0.2) is 23.4 Å². The number of aliphatic carboxylic acids is 1. The number of hydrogen-bond acceptors (Lipinski definition) is 5. The first-order valence-corrected chi connectivity index (χ1v) is 6.52. The minimum absolute atomic E-state index is 0.0568. The molecule has 0 saturated carbocycles. The maximum absolute atomic E-state index is 11.3. The van der Waals surface area contributed by atoms with Gasteiger partial charge in [-0.05, 0) is 25.1 Å². The van der Waals surface area contributed by atoms with Gasteiger partial charge in [-0.25, -0.2) is 9.78 Å². The van der Waals surface area contributed by atoms with Crippen molar-refractivity contribution in [3.8, 4) is 0 Å². The fourth-order valence-corrected chi connectivity index (χ4v) is 3.27. The molecule has 20 heavy (non-hydrogen) atoms. The van der Waals surface area contributed by atoms with Gasteiger partial charge in [0, 0.05) is 0 Å². The predicted octanol–water partition coefficient (Wildman–Crippen LogP) is 1.17. The molecule has 3 N–H and O–H groups in total. The van der Waals surface area contributed by atoms with Crippen LogP contribution in [0.4, 0.5) is 0 Å². The molecule has 0 amide bonds. The van der Waals surface area contributed by atoms with Gasteiger partial charge in [-0.1, -0.05) is 11.8 Å². The summed E-state index contributed by atoms with van der Waals surface area (Å²) in [6, 6.07) is 4.34. The number of aromatic nitrogens is 2. The number of aliphatic hydroxyl groups excluding tert-OH is 1. The molecule has 2 aromatic rings. The van der Waals surface area contributed by atoms with E-state index in [2.05, 4.69) is 4.98 Å². The maximum Gasteiger partial charge on any atom is 0.335 e. The third-order valence-corrected chi connectivity index (χ3v) is 4.65. The molecule has 2 atom stereocenters.